The minimum absolute atomic E-state index is 0.266. The number of hydrogen-bond donors (Lipinski definition) is 2. The van der Waals surface area contributed by atoms with Crippen molar-refractivity contribution >= 4 is 10.9 Å². The Morgan fingerprint density at radius 3 is 2.76 bits per heavy atom. The second kappa shape index (κ2) is 7.27. The summed E-state index contributed by atoms with van der Waals surface area (Å²) < 4.78 is 2.47. The summed E-state index contributed by atoms with van der Waals surface area (Å²) in [4.78, 5) is 2.35. The highest BCUT2D eigenvalue weighted by Crippen LogP contribution is 2.40. The molecule has 2 heterocycles. The number of likely N-dealkylation sites (tertiary alicyclic amines) is 1. The molecule has 2 N–H and O–H groups in total. The quantitative estimate of drug-likeness (QED) is 0.647. The second-order valence-corrected chi connectivity index (χ2v) is 8.72. The van der Waals surface area contributed by atoms with Crippen LogP contribution in [0.25, 0.3) is 10.9 Å². The molecule has 0 amide bonds. The highest BCUT2D eigenvalue weighted by Gasteiger charge is 2.36. The first-order valence-electron chi connectivity index (χ1n) is 10.5. The fourth-order valence-corrected chi connectivity index (χ4v) is 5.48. The third kappa shape index (κ3) is 3.42. The average Bonchev–Trinajstić information content (AvgIpc) is 2.99. The predicted octanol–water partition coefficient (Wildman–Crippen LogP) is 4.50. The standard InChI is InChI=1S/C25H28N2O2/c1-17(28)14-26-10-9-19-13-25-23(12-20(19)16-26)22-7-2-3-8-24(22)27(25)15-18-5-4-6-21(29)11-18/h2-8,11,19-20,28-29H,1,9-10,12-16H2. The van der Waals surface area contributed by atoms with Crippen LogP contribution in [0.3, 0.4) is 0 Å². The van der Waals surface area contributed by atoms with Gasteiger partial charge in [0.15, 0.2) is 0 Å². The van der Waals surface area contributed by atoms with Crippen molar-refractivity contribution in [3.8, 4) is 5.75 Å². The van der Waals surface area contributed by atoms with E-state index in [0.29, 0.717) is 24.1 Å². The highest BCUT2D eigenvalue weighted by molar-refractivity contribution is 5.86. The van der Waals surface area contributed by atoms with Gasteiger partial charge in [0.1, 0.15) is 5.75 Å². The highest BCUT2D eigenvalue weighted by atomic mass is 16.3. The summed E-state index contributed by atoms with van der Waals surface area (Å²) in [6.07, 6.45) is 3.38. The van der Waals surface area contributed by atoms with Crippen LogP contribution in [-0.2, 0) is 19.4 Å². The van der Waals surface area contributed by atoms with E-state index in [9.17, 15) is 10.2 Å². The molecule has 0 saturated carbocycles. The Labute approximate surface area is 171 Å². The van der Waals surface area contributed by atoms with Crippen LogP contribution in [0.15, 0.2) is 60.9 Å². The van der Waals surface area contributed by atoms with E-state index in [-0.39, 0.29) is 5.76 Å². The first kappa shape index (κ1) is 18.3. The largest absolute Gasteiger partial charge is 0.512 e. The molecule has 150 valence electrons. The van der Waals surface area contributed by atoms with Gasteiger partial charge in [-0.05, 0) is 67.0 Å². The average molecular weight is 389 g/mol. The van der Waals surface area contributed by atoms with Crippen molar-refractivity contribution in [2.24, 2.45) is 11.8 Å². The molecule has 2 unspecified atom stereocenters. The van der Waals surface area contributed by atoms with Crippen LogP contribution in [0, 0.1) is 11.8 Å². The number of benzene rings is 2. The number of phenolic OH excluding ortho intramolecular Hbond substituents is 1. The molecule has 5 rings (SSSR count). The second-order valence-electron chi connectivity index (χ2n) is 8.72. The first-order chi connectivity index (χ1) is 14.1. The van der Waals surface area contributed by atoms with Crippen LogP contribution < -0.4 is 0 Å². The summed E-state index contributed by atoms with van der Waals surface area (Å²) in [5.74, 6) is 1.92. The van der Waals surface area contributed by atoms with Gasteiger partial charge in [-0.2, -0.15) is 0 Å². The SMILES string of the molecule is C=C(O)CN1CCC2Cc3c(c4ccccc4n3Cc3cccc(O)c3)CC2C1. The summed E-state index contributed by atoms with van der Waals surface area (Å²) in [5.41, 5.74) is 5.38. The van der Waals surface area contributed by atoms with Gasteiger partial charge >= 0.3 is 0 Å². The maximum absolute atomic E-state index is 9.90. The molecule has 2 aliphatic rings. The molecule has 3 aromatic rings. The molecule has 4 nitrogen and oxygen atoms in total. The minimum atomic E-state index is 0.266. The fourth-order valence-electron chi connectivity index (χ4n) is 5.48. The Bertz CT molecular complexity index is 1070. The maximum Gasteiger partial charge on any atom is 0.115 e. The van der Waals surface area contributed by atoms with E-state index in [1.807, 2.05) is 12.1 Å². The van der Waals surface area contributed by atoms with Crippen molar-refractivity contribution in [2.45, 2.75) is 25.8 Å². The zero-order chi connectivity index (χ0) is 20.0. The van der Waals surface area contributed by atoms with Gasteiger partial charge in [0.25, 0.3) is 0 Å². The summed E-state index contributed by atoms with van der Waals surface area (Å²) in [6.45, 7) is 7.12. The van der Waals surface area contributed by atoms with Crippen LogP contribution in [0.5, 0.6) is 5.75 Å². The van der Waals surface area contributed by atoms with E-state index in [2.05, 4.69) is 46.4 Å². The number of piperidine rings is 1. The molecule has 2 aromatic carbocycles. The molecule has 2 atom stereocenters. The van der Waals surface area contributed by atoms with Crippen molar-refractivity contribution in [2.75, 3.05) is 19.6 Å². The predicted molar refractivity (Wildman–Crippen MR) is 116 cm³/mol. The fraction of sp³-hybridized carbons (Fsp3) is 0.360. The molecular weight excluding hydrogens is 360 g/mol. The molecule has 1 saturated heterocycles. The van der Waals surface area contributed by atoms with Crippen LogP contribution in [0.1, 0.15) is 23.2 Å². The number of fused-ring (bicyclic) bond motifs is 4. The van der Waals surface area contributed by atoms with Crippen molar-refractivity contribution < 1.29 is 10.2 Å². The van der Waals surface area contributed by atoms with E-state index in [1.54, 1.807) is 6.07 Å². The lowest BCUT2D eigenvalue weighted by Gasteiger charge is -2.41. The molecule has 0 radical (unpaired) electrons. The van der Waals surface area contributed by atoms with Gasteiger partial charge in [0, 0.05) is 29.7 Å². The number of aromatic hydroxyl groups is 1. The Morgan fingerprint density at radius 2 is 1.93 bits per heavy atom. The number of para-hydroxylation sites is 1. The van der Waals surface area contributed by atoms with Gasteiger partial charge in [-0.1, -0.05) is 36.9 Å². The number of hydrogen-bond acceptors (Lipinski definition) is 3. The van der Waals surface area contributed by atoms with Crippen LogP contribution in [0.2, 0.25) is 0 Å². The number of aliphatic hydroxyl groups is 1. The normalized spacial score (nSPS) is 21.7. The smallest absolute Gasteiger partial charge is 0.115 e. The number of aliphatic hydroxyl groups excluding tert-OH is 1. The Balaban J connectivity index is 1.51. The van der Waals surface area contributed by atoms with Crippen molar-refractivity contribution in [3.05, 3.63) is 77.7 Å². The van der Waals surface area contributed by atoms with Crippen molar-refractivity contribution in [3.63, 3.8) is 0 Å². The third-order valence-electron chi connectivity index (χ3n) is 6.75. The lowest BCUT2D eigenvalue weighted by atomic mass is 9.74. The Morgan fingerprint density at radius 1 is 1.07 bits per heavy atom. The van der Waals surface area contributed by atoms with E-state index in [1.165, 1.54) is 28.6 Å². The van der Waals surface area contributed by atoms with Crippen molar-refractivity contribution in [1.29, 1.82) is 0 Å². The molecule has 1 aliphatic heterocycles. The van der Waals surface area contributed by atoms with Gasteiger partial charge in [-0.3, -0.25) is 4.90 Å². The summed E-state index contributed by atoms with van der Waals surface area (Å²) >= 11 is 0. The molecule has 29 heavy (non-hydrogen) atoms. The van der Waals surface area contributed by atoms with E-state index in [0.717, 1.165) is 38.0 Å². The number of rotatable bonds is 4. The molecule has 0 spiro atoms. The molecule has 4 heteroatoms. The molecule has 0 bridgehead atoms. The van der Waals surface area contributed by atoms with Gasteiger partial charge in [0.2, 0.25) is 0 Å². The molecule has 1 fully saturated rings. The van der Waals surface area contributed by atoms with Gasteiger partial charge in [-0.15, -0.1) is 0 Å². The molecule has 1 aliphatic carbocycles. The van der Waals surface area contributed by atoms with Crippen LogP contribution >= 0.6 is 0 Å². The van der Waals surface area contributed by atoms with Crippen LogP contribution in [-0.4, -0.2) is 39.3 Å². The van der Waals surface area contributed by atoms with Crippen LogP contribution in [0.4, 0.5) is 0 Å². The van der Waals surface area contributed by atoms with E-state index < -0.39 is 0 Å². The van der Waals surface area contributed by atoms with Gasteiger partial charge in [-0.25, -0.2) is 0 Å². The molecular formula is C25H28N2O2. The first-order valence-corrected chi connectivity index (χ1v) is 10.5. The summed E-state index contributed by atoms with van der Waals surface area (Å²) in [6, 6.07) is 16.3. The van der Waals surface area contributed by atoms with E-state index in [4.69, 9.17) is 0 Å². The third-order valence-corrected chi connectivity index (χ3v) is 6.75. The Hall–Kier alpha value is -2.72. The Kier molecular flexibility index (Phi) is 4.59. The zero-order valence-corrected chi connectivity index (χ0v) is 16.7. The minimum Gasteiger partial charge on any atom is -0.512 e. The van der Waals surface area contributed by atoms with Crippen molar-refractivity contribution in [1.82, 2.24) is 9.47 Å². The number of phenols is 1. The lowest BCUT2D eigenvalue weighted by molar-refractivity contribution is 0.109. The maximum atomic E-state index is 9.90. The van der Waals surface area contributed by atoms with Gasteiger partial charge in [0.05, 0.1) is 12.3 Å². The number of aromatic nitrogens is 1. The van der Waals surface area contributed by atoms with E-state index >= 15 is 0 Å². The molecule has 1 aromatic heterocycles. The number of nitrogens with zero attached hydrogens (tertiary/aromatic N) is 2. The monoisotopic (exact) mass is 388 g/mol. The topological polar surface area (TPSA) is 48.6 Å². The summed E-state index contributed by atoms with van der Waals surface area (Å²) in [7, 11) is 0. The zero-order valence-electron chi connectivity index (χ0n) is 16.7. The lowest BCUT2D eigenvalue weighted by Crippen LogP contribution is -2.44. The summed E-state index contributed by atoms with van der Waals surface area (Å²) in [5, 5.41) is 20.9. The van der Waals surface area contributed by atoms with Gasteiger partial charge < -0.3 is 14.8 Å².